The minimum absolute atomic E-state index is 0.130. The minimum atomic E-state index is -0.774. The molecule has 132 valence electrons. The molecule has 0 bridgehead atoms. The van der Waals surface area contributed by atoms with Crippen LogP contribution in [0.1, 0.15) is 12.5 Å². The van der Waals surface area contributed by atoms with E-state index in [2.05, 4.69) is 10.9 Å². The zero-order valence-corrected chi connectivity index (χ0v) is 14.7. The molecule has 1 atom stereocenters. The third-order valence-electron chi connectivity index (χ3n) is 3.34. The van der Waals surface area contributed by atoms with E-state index in [1.807, 2.05) is 0 Å². The molecule has 2 aromatic carbocycles. The van der Waals surface area contributed by atoms with E-state index in [1.54, 1.807) is 62.6 Å². The Kier molecular flexibility index (Phi) is 6.65. The Morgan fingerprint density at radius 1 is 1.00 bits per heavy atom. The van der Waals surface area contributed by atoms with Crippen LogP contribution in [0.2, 0.25) is 5.02 Å². The van der Waals surface area contributed by atoms with Gasteiger partial charge in [-0.15, -0.1) is 0 Å². The number of carbonyl (C=O) groups excluding carboxylic acids is 2. The molecule has 7 heteroatoms. The molecule has 0 aliphatic carbocycles. The van der Waals surface area contributed by atoms with Gasteiger partial charge in [0.25, 0.3) is 5.91 Å². The topological polar surface area (TPSA) is 76.7 Å². The first-order valence-corrected chi connectivity index (χ1v) is 7.99. The molecule has 0 aliphatic rings. The van der Waals surface area contributed by atoms with Gasteiger partial charge >= 0.3 is 0 Å². The maximum Gasteiger partial charge on any atom is 0.279 e. The standard InChI is InChI=1S/C18H19ClN2O4/c1-12(25-16-9-7-15(24-2)8-10-16)18(23)21-20-17(22)11-13-3-5-14(19)6-4-13/h3-10,12H,11H2,1-2H3,(H,20,22)(H,21,23). The Labute approximate surface area is 151 Å². The SMILES string of the molecule is COc1ccc(OC(C)C(=O)NNC(=O)Cc2ccc(Cl)cc2)cc1. The fourth-order valence-corrected chi connectivity index (χ4v) is 2.10. The molecule has 6 nitrogen and oxygen atoms in total. The van der Waals surface area contributed by atoms with Crippen molar-refractivity contribution in [3.8, 4) is 11.5 Å². The summed E-state index contributed by atoms with van der Waals surface area (Å²) in [4.78, 5) is 23.8. The number of halogens is 1. The molecule has 0 radical (unpaired) electrons. The molecule has 2 aromatic rings. The normalized spacial score (nSPS) is 11.3. The zero-order chi connectivity index (χ0) is 18.2. The first-order valence-electron chi connectivity index (χ1n) is 7.62. The summed E-state index contributed by atoms with van der Waals surface area (Å²) in [6.45, 7) is 1.59. The Bertz CT molecular complexity index is 717. The number of hydrogen-bond donors (Lipinski definition) is 2. The number of benzene rings is 2. The van der Waals surface area contributed by atoms with Crippen LogP contribution < -0.4 is 20.3 Å². The molecule has 2 amide bonds. The van der Waals surface area contributed by atoms with Crippen molar-refractivity contribution < 1.29 is 19.1 Å². The second-order valence-corrected chi connectivity index (χ2v) is 5.71. The van der Waals surface area contributed by atoms with Crippen LogP contribution in [0.5, 0.6) is 11.5 Å². The first kappa shape index (κ1) is 18.6. The number of hydrazine groups is 1. The number of carbonyl (C=O) groups is 2. The fraction of sp³-hybridized carbons (Fsp3) is 0.222. The van der Waals surface area contributed by atoms with Crippen molar-refractivity contribution in [1.82, 2.24) is 10.9 Å². The van der Waals surface area contributed by atoms with Crippen LogP contribution in [-0.4, -0.2) is 25.0 Å². The van der Waals surface area contributed by atoms with E-state index >= 15 is 0 Å². The Morgan fingerprint density at radius 3 is 2.20 bits per heavy atom. The van der Waals surface area contributed by atoms with Crippen LogP contribution in [0, 0.1) is 0 Å². The number of methoxy groups -OCH3 is 1. The number of amides is 2. The molecule has 0 spiro atoms. The van der Waals surface area contributed by atoms with Gasteiger partial charge in [-0.25, -0.2) is 0 Å². The van der Waals surface area contributed by atoms with Gasteiger partial charge in [-0.3, -0.25) is 20.4 Å². The summed E-state index contributed by atoms with van der Waals surface area (Å²) in [5.41, 5.74) is 5.49. The van der Waals surface area contributed by atoms with Gasteiger partial charge in [-0.1, -0.05) is 23.7 Å². The van der Waals surface area contributed by atoms with Crippen molar-refractivity contribution in [2.24, 2.45) is 0 Å². The third-order valence-corrected chi connectivity index (χ3v) is 3.60. The lowest BCUT2D eigenvalue weighted by molar-refractivity contribution is -0.132. The second kappa shape index (κ2) is 8.94. The summed E-state index contributed by atoms with van der Waals surface area (Å²) in [6, 6.07) is 13.8. The van der Waals surface area contributed by atoms with E-state index in [4.69, 9.17) is 21.1 Å². The monoisotopic (exact) mass is 362 g/mol. The predicted molar refractivity (Wildman–Crippen MR) is 94.5 cm³/mol. The van der Waals surface area contributed by atoms with Crippen LogP contribution in [0.25, 0.3) is 0 Å². The van der Waals surface area contributed by atoms with Crippen molar-refractivity contribution >= 4 is 23.4 Å². The molecule has 1 unspecified atom stereocenters. The molecule has 0 aromatic heterocycles. The molecule has 25 heavy (non-hydrogen) atoms. The van der Waals surface area contributed by atoms with Crippen LogP contribution in [0.3, 0.4) is 0 Å². The molecule has 2 rings (SSSR count). The summed E-state index contributed by atoms with van der Waals surface area (Å²) >= 11 is 5.79. The van der Waals surface area contributed by atoms with Crippen molar-refractivity contribution in [3.63, 3.8) is 0 Å². The molecule has 0 heterocycles. The molecular formula is C18H19ClN2O4. The maximum absolute atomic E-state index is 12.0. The molecule has 0 saturated heterocycles. The van der Waals surface area contributed by atoms with Crippen LogP contribution in [0.15, 0.2) is 48.5 Å². The highest BCUT2D eigenvalue weighted by molar-refractivity contribution is 6.30. The van der Waals surface area contributed by atoms with E-state index in [-0.39, 0.29) is 12.3 Å². The zero-order valence-electron chi connectivity index (χ0n) is 13.9. The van der Waals surface area contributed by atoms with Crippen molar-refractivity contribution in [3.05, 3.63) is 59.1 Å². The largest absolute Gasteiger partial charge is 0.497 e. The van der Waals surface area contributed by atoms with Gasteiger partial charge in [0.2, 0.25) is 5.91 Å². The van der Waals surface area contributed by atoms with Crippen LogP contribution in [-0.2, 0) is 16.0 Å². The molecule has 2 N–H and O–H groups in total. The number of ether oxygens (including phenoxy) is 2. The summed E-state index contributed by atoms with van der Waals surface area (Å²) in [6.07, 6.45) is -0.644. The smallest absolute Gasteiger partial charge is 0.279 e. The molecule has 0 aliphatic heterocycles. The summed E-state index contributed by atoms with van der Waals surface area (Å²) in [7, 11) is 1.57. The Hall–Kier alpha value is -2.73. The van der Waals surface area contributed by atoms with Crippen LogP contribution in [0.4, 0.5) is 0 Å². The quantitative estimate of drug-likeness (QED) is 0.774. The Balaban J connectivity index is 1.77. The summed E-state index contributed by atoms with van der Waals surface area (Å²) in [5.74, 6) is 0.419. The van der Waals surface area contributed by atoms with Gasteiger partial charge in [-0.05, 0) is 48.9 Å². The predicted octanol–water partition coefficient (Wildman–Crippen LogP) is 2.51. The number of rotatable bonds is 6. The molecule has 0 fully saturated rings. The highest BCUT2D eigenvalue weighted by Crippen LogP contribution is 2.18. The van der Waals surface area contributed by atoms with E-state index in [0.717, 1.165) is 5.56 Å². The second-order valence-electron chi connectivity index (χ2n) is 5.28. The number of nitrogens with one attached hydrogen (secondary N) is 2. The third kappa shape index (κ3) is 6.00. The average Bonchev–Trinajstić information content (AvgIpc) is 2.62. The minimum Gasteiger partial charge on any atom is -0.497 e. The Morgan fingerprint density at radius 2 is 1.60 bits per heavy atom. The van der Waals surface area contributed by atoms with Gasteiger partial charge in [0, 0.05) is 5.02 Å². The molecular weight excluding hydrogens is 344 g/mol. The van der Waals surface area contributed by atoms with E-state index in [1.165, 1.54) is 0 Å². The highest BCUT2D eigenvalue weighted by atomic mass is 35.5. The van der Waals surface area contributed by atoms with Crippen LogP contribution >= 0.6 is 11.6 Å². The highest BCUT2D eigenvalue weighted by Gasteiger charge is 2.15. The number of hydrogen-bond acceptors (Lipinski definition) is 4. The van der Waals surface area contributed by atoms with Gasteiger partial charge in [-0.2, -0.15) is 0 Å². The molecule has 0 saturated carbocycles. The lowest BCUT2D eigenvalue weighted by Gasteiger charge is -2.15. The van der Waals surface area contributed by atoms with Gasteiger partial charge in [0.1, 0.15) is 11.5 Å². The first-order chi connectivity index (χ1) is 12.0. The van der Waals surface area contributed by atoms with E-state index < -0.39 is 12.0 Å². The van der Waals surface area contributed by atoms with Crippen molar-refractivity contribution in [2.75, 3.05) is 7.11 Å². The lowest BCUT2D eigenvalue weighted by Crippen LogP contribution is -2.47. The maximum atomic E-state index is 12.0. The lowest BCUT2D eigenvalue weighted by atomic mass is 10.1. The van der Waals surface area contributed by atoms with Gasteiger partial charge in [0.05, 0.1) is 13.5 Å². The van der Waals surface area contributed by atoms with Crippen molar-refractivity contribution in [2.45, 2.75) is 19.4 Å². The van der Waals surface area contributed by atoms with Crippen molar-refractivity contribution in [1.29, 1.82) is 0 Å². The van der Waals surface area contributed by atoms with E-state index in [0.29, 0.717) is 16.5 Å². The van der Waals surface area contributed by atoms with Gasteiger partial charge < -0.3 is 9.47 Å². The average molecular weight is 363 g/mol. The van der Waals surface area contributed by atoms with E-state index in [9.17, 15) is 9.59 Å². The fourth-order valence-electron chi connectivity index (χ4n) is 1.98. The summed E-state index contributed by atoms with van der Waals surface area (Å²) in [5, 5.41) is 0.599. The van der Waals surface area contributed by atoms with Gasteiger partial charge in [0.15, 0.2) is 6.10 Å². The summed E-state index contributed by atoms with van der Waals surface area (Å²) < 4.78 is 10.6.